The lowest BCUT2D eigenvalue weighted by molar-refractivity contribution is -0.140. The molecule has 1 aliphatic rings. The van der Waals surface area contributed by atoms with Gasteiger partial charge >= 0.3 is 5.97 Å². The fourth-order valence-electron chi connectivity index (χ4n) is 4.45. The van der Waals surface area contributed by atoms with Crippen molar-refractivity contribution in [2.45, 2.75) is 52.5 Å². The van der Waals surface area contributed by atoms with Crippen molar-refractivity contribution in [2.24, 2.45) is 0 Å². The molecule has 0 amide bonds. The molecule has 6 heteroatoms. The summed E-state index contributed by atoms with van der Waals surface area (Å²) in [6, 6.07) is 17.3. The minimum atomic E-state index is -0.141. The van der Waals surface area contributed by atoms with E-state index in [9.17, 15) is 10.1 Å². The second kappa shape index (κ2) is 9.91. The van der Waals surface area contributed by atoms with Gasteiger partial charge in [0.1, 0.15) is 11.6 Å². The van der Waals surface area contributed by atoms with Crippen LogP contribution in [-0.2, 0) is 28.9 Å². The molecular formula is C27H30N4O2. The maximum atomic E-state index is 11.3. The Kier molecular flexibility index (Phi) is 6.79. The van der Waals surface area contributed by atoms with Crippen molar-refractivity contribution < 1.29 is 9.53 Å². The minimum Gasteiger partial charge on any atom is -0.469 e. The molecule has 0 spiro atoms. The number of benzene rings is 2. The average molecular weight is 443 g/mol. The molecule has 2 aromatic carbocycles. The second-order valence-corrected chi connectivity index (χ2v) is 8.70. The summed E-state index contributed by atoms with van der Waals surface area (Å²) in [5.41, 5.74) is 7.52. The van der Waals surface area contributed by atoms with Crippen LogP contribution in [0.5, 0.6) is 0 Å². The number of esters is 1. The van der Waals surface area contributed by atoms with E-state index in [-0.39, 0.29) is 5.97 Å². The SMILES string of the molecule is COC(=O)CCCCc1ccc2c(c1)CCN(c1c(C#N)c(C)nn1-c1ccc(C)cc1)C2. The van der Waals surface area contributed by atoms with Gasteiger partial charge in [0.25, 0.3) is 0 Å². The molecule has 0 saturated heterocycles. The van der Waals surface area contributed by atoms with E-state index in [1.807, 2.05) is 11.6 Å². The van der Waals surface area contributed by atoms with E-state index in [4.69, 9.17) is 9.84 Å². The van der Waals surface area contributed by atoms with Gasteiger partial charge in [0.15, 0.2) is 5.82 Å². The Bertz CT molecular complexity index is 1190. The van der Waals surface area contributed by atoms with E-state index in [1.165, 1.54) is 29.4 Å². The lowest BCUT2D eigenvalue weighted by atomic mass is 9.95. The predicted octanol–water partition coefficient (Wildman–Crippen LogP) is 4.81. The number of hydrogen-bond acceptors (Lipinski definition) is 5. The van der Waals surface area contributed by atoms with Crippen LogP contribution in [0.25, 0.3) is 5.69 Å². The van der Waals surface area contributed by atoms with Crippen molar-refractivity contribution in [1.29, 1.82) is 5.26 Å². The molecular weight excluding hydrogens is 412 g/mol. The lowest BCUT2D eigenvalue weighted by Gasteiger charge is -2.31. The monoisotopic (exact) mass is 442 g/mol. The number of unbranched alkanes of at least 4 members (excludes halogenated alkanes) is 1. The first kappa shape index (κ1) is 22.6. The van der Waals surface area contributed by atoms with Gasteiger partial charge in [-0.3, -0.25) is 4.79 Å². The molecule has 33 heavy (non-hydrogen) atoms. The van der Waals surface area contributed by atoms with E-state index in [1.54, 1.807) is 0 Å². The number of carbonyl (C=O) groups is 1. The summed E-state index contributed by atoms with van der Waals surface area (Å²) < 4.78 is 6.62. The Morgan fingerprint density at radius 1 is 1.12 bits per heavy atom. The number of ether oxygens (including phenoxy) is 1. The molecule has 0 atom stereocenters. The molecule has 0 aliphatic carbocycles. The number of nitrogens with zero attached hydrogens (tertiary/aromatic N) is 4. The second-order valence-electron chi connectivity index (χ2n) is 8.70. The van der Waals surface area contributed by atoms with Crippen molar-refractivity contribution in [1.82, 2.24) is 9.78 Å². The average Bonchev–Trinajstić information content (AvgIpc) is 3.17. The number of anilines is 1. The lowest BCUT2D eigenvalue weighted by Crippen LogP contribution is -2.32. The van der Waals surface area contributed by atoms with Crippen LogP contribution < -0.4 is 4.90 Å². The number of fused-ring (bicyclic) bond motifs is 1. The molecule has 0 unspecified atom stereocenters. The van der Waals surface area contributed by atoms with Gasteiger partial charge in [-0.2, -0.15) is 10.4 Å². The number of carbonyl (C=O) groups excluding carboxylic acids is 1. The first-order valence-electron chi connectivity index (χ1n) is 11.5. The molecule has 3 aromatic rings. The van der Waals surface area contributed by atoms with Crippen LogP contribution in [-0.4, -0.2) is 29.4 Å². The summed E-state index contributed by atoms with van der Waals surface area (Å²) >= 11 is 0. The predicted molar refractivity (Wildman–Crippen MR) is 129 cm³/mol. The van der Waals surface area contributed by atoms with Crippen molar-refractivity contribution in [3.8, 4) is 11.8 Å². The Morgan fingerprint density at radius 2 is 1.91 bits per heavy atom. The molecule has 0 saturated carbocycles. The molecule has 0 fully saturated rings. The van der Waals surface area contributed by atoms with Gasteiger partial charge in [-0.15, -0.1) is 0 Å². The normalized spacial score (nSPS) is 12.8. The number of nitriles is 1. The van der Waals surface area contributed by atoms with Gasteiger partial charge in [-0.05, 0) is 68.4 Å². The zero-order valence-corrected chi connectivity index (χ0v) is 19.6. The molecule has 6 nitrogen and oxygen atoms in total. The maximum absolute atomic E-state index is 11.3. The maximum Gasteiger partial charge on any atom is 0.305 e. The number of methoxy groups -OCH3 is 1. The topological polar surface area (TPSA) is 71.2 Å². The van der Waals surface area contributed by atoms with Crippen LogP contribution in [0, 0.1) is 25.2 Å². The van der Waals surface area contributed by atoms with Crippen molar-refractivity contribution >= 4 is 11.8 Å². The zero-order valence-electron chi connectivity index (χ0n) is 19.6. The van der Waals surface area contributed by atoms with Crippen LogP contribution >= 0.6 is 0 Å². The summed E-state index contributed by atoms with van der Waals surface area (Å²) in [6.45, 7) is 5.56. The highest BCUT2D eigenvalue weighted by molar-refractivity contribution is 5.69. The molecule has 1 aliphatic heterocycles. The van der Waals surface area contributed by atoms with Gasteiger partial charge in [-0.25, -0.2) is 4.68 Å². The van der Waals surface area contributed by atoms with Crippen molar-refractivity contribution in [3.63, 3.8) is 0 Å². The molecule has 170 valence electrons. The summed E-state index contributed by atoms with van der Waals surface area (Å²) in [7, 11) is 1.43. The summed E-state index contributed by atoms with van der Waals surface area (Å²) in [5.74, 6) is 0.730. The standard InChI is InChI=1S/C27H30N4O2/c1-19-8-12-24(13-9-19)31-27(25(17-28)20(2)29-31)30-15-14-22-16-21(10-11-23(22)18-30)6-4-5-7-26(32)33-3/h8-13,16H,4-7,14-15,18H2,1-3H3. The summed E-state index contributed by atoms with van der Waals surface area (Å²) in [5, 5.41) is 14.6. The van der Waals surface area contributed by atoms with E-state index in [0.29, 0.717) is 12.0 Å². The largest absolute Gasteiger partial charge is 0.469 e. The Balaban J connectivity index is 1.53. The highest BCUT2D eigenvalue weighted by Gasteiger charge is 2.25. The van der Waals surface area contributed by atoms with E-state index < -0.39 is 0 Å². The molecule has 4 rings (SSSR count). The van der Waals surface area contributed by atoms with Crippen LogP contribution in [0.4, 0.5) is 5.82 Å². The fourth-order valence-corrected chi connectivity index (χ4v) is 4.45. The van der Waals surface area contributed by atoms with Crippen molar-refractivity contribution in [3.05, 3.63) is 76.0 Å². The quantitative estimate of drug-likeness (QED) is 0.388. The third kappa shape index (κ3) is 4.93. The third-order valence-corrected chi connectivity index (χ3v) is 6.33. The number of aromatic nitrogens is 2. The fraction of sp³-hybridized carbons (Fsp3) is 0.370. The van der Waals surface area contributed by atoms with E-state index in [0.717, 1.165) is 56.0 Å². The van der Waals surface area contributed by atoms with Gasteiger partial charge in [0, 0.05) is 19.5 Å². The van der Waals surface area contributed by atoms with Crippen molar-refractivity contribution in [2.75, 3.05) is 18.6 Å². The Morgan fingerprint density at radius 3 is 2.64 bits per heavy atom. The molecule has 0 bridgehead atoms. The minimum absolute atomic E-state index is 0.141. The number of aryl methyl sites for hydroxylation is 3. The Labute approximate surface area is 195 Å². The van der Waals surface area contributed by atoms with Crippen LogP contribution in [0.3, 0.4) is 0 Å². The first-order valence-corrected chi connectivity index (χ1v) is 11.5. The Hall–Kier alpha value is -3.59. The van der Waals surface area contributed by atoms with Gasteiger partial charge in [0.2, 0.25) is 0 Å². The highest BCUT2D eigenvalue weighted by atomic mass is 16.5. The van der Waals surface area contributed by atoms with Crippen LogP contribution in [0.15, 0.2) is 42.5 Å². The van der Waals surface area contributed by atoms with Gasteiger partial charge in [-0.1, -0.05) is 35.9 Å². The third-order valence-electron chi connectivity index (χ3n) is 6.33. The summed E-state index contributed by atoms with van der Waals surface area (Å²) in [6.07, 6.45) is 4.18. The molecule has 1 aromatic heterocycles. The van der Waals surface area contributed by atoms with E-state index in [2.05, 4.69) is 60.4 Å². The van der Waals surface area contributed by atoms with E-state index >= 15 is 0 Å². The van der Waals surface area contributed by atoms with Crippen LogP contribution in [0.2, 0.25) is 0 Å². The number of hydrogen-bond donors (Lipinski definition) is 0. The zero-order chi connectivity index (χ0) is 23.4. The molecule has 2 heterocycles. The smallest absolute Gasteiger partial charge is 0.305 e. The molecule has 0 radical (unpaired) electrons. The molecule has 0 N–H and O–H groups in total. The first-order chi connectivity index (χ1) is 16.0. The number of rotatable bonds is 7. The van der Waals surface area contributed by atoms with Crippen LogP contribution in [0.1, 0.15) is 52.8 Å². The van der Waals surface area contributed by atoms with Gasteiger partial charge in [0.05, 0.1) is 18.5 Å². The van der Waals surface area contributed by atoms with Gasteiger partial charge < -0.3 is 9.64 Å². The summed E-state index contributed by atoms with van der Waals surface area (Å²) in [4.78, 5) is 13.6. The highest BCUT2D eigenvalue weighted by Crippen LogP contribution is 2.31.